The number of carbonyl (C=O) groups is 1. The highest BCUT2D eigenvalue weighted by Gasteiger charge is 2.40. The number of carboxylic acid groups (broad SMARTS) is 1. The summed E-state index contributed by atoms with van der Waals surface area (Å²) in [4.78, 5) is 21.6. The van der Waals surface area contributed by atoms with Crippen LogP contribution in [0, 0.1) is 5.82 Å². The Bertz CT molecular complexity index is 1520. The number of halogens is 4. The number of hydrogen-bond donors (Lipinski definition) is 1. The second kappa shape index (κ2) is 11.0. The molecule has 1 N–H and O–H groups in total. The van der Waals surface area contributed by atoms with Gasteiger partial charge in [0.05, 0.1) is 37.9 Å². The minimum absolute atomic E-state index is 0.0501. The summed E-state index contributed by atoms with van der Waals surface area (Å²) in [5.74, 6) is -1.10. The summed E-state index contributed by atoms with van der Waals surface area (Å²) in [5.41, 5.74) is 0.00701. The molecule has 3 aromatic rings. The summed E-state index contributed by atoms with van der Waals surface area (Å²) in [7, 11) is 2.87. The molecule has 0 aliphatic carbocycles. The zero-order chi connectivity index (χ0) is 29.3. The standard InChI is InChI=1S/C29H26F4N4O4/c1-40-20-6-3-5-19(16-20)35-11-13-36(14-12-35)28-34-27-21(7-4-8-22(27)30)23(17-26(38)39)37(28)24-15-18(29(31,32)33)9-10-25(24)41-2/h3-11,13,15-16,23H,12,14,17H2,1-2H3,(H,38,39)/t23-/m0/s1. The Kier molecular flexibility index (Phi) is 7.48. The van der Waals surface area contributed by atoms with E-state index in [2.05, 4.69) is 4.99 Å². The number of benzene rings is 3. The van der Waals surface area contributed by atoms with E-state index in [1.54, 1.807) is 24.4 Å². The fourth-order valence-corrected chi connectivity index (χ4v) is 4.95. The van der Waals surface area contributed by atoms with Crippen molar-refractivity contribution in [1.82, 2.24) is 4.90 Å². The van der Waals surface area contributed by atoms with Gasteiger partial charge in [-0.25, -0.2) is 9.38 Å². The third-order valence-electron chi connectivity index (χ3n) is 6.90. The molecule has 0 aromatic heterocycles. The molecular weight excluding hydrogens is 544 g/mol. The molecule has 0 fully saturated rings. The van der Waals surface area contributed by atoms with Crippen molar-refractivity contribution in [1.29, 1.82) is 0 Å². The van der Waals surface area contributed by atoms with E-state index in [0.717, 1.165) is 17.8 Å². The Morgan fingerprint density at radius 1 is 1.00 bits per heavy atom. The van der Waals surface area contributed by atoms with Crippen molar-refractivity contribution in [3.63, 3.8) is 0 Å². The van der Waals surface area contributed by atoms with Crippen molar-refractivity contribution in [3.05, 3.63) is 90.0 Å². The first-order valence-corrected chi connectivity index (χ1v) is 12.6. The number of aliphatic carboxylic acids is 1. The topological polar surface area (TPSA) is 77.8 Å². The Hall–Kier alpha value is -4.74. The lowest BCUT2D eigenvalue weighted by Crippen LogP contribution is -2.49. The Balaban J connectivity index is 1.65. The van der Waals surface area contributed by atoms with Gasteiger partial charge < -0.3 is 29.3 Å². The van der Waals surface area contributed by atoms with Crippen molar-refractivity contribution in [2.24, 2.45) is 4.99 Å². The van der Waals surface area contributed by atoms with Gasteiger partial charge in [-0.05, 0) is 36.4 Å². The molecule has 2 aliphatic heterocycles. The van der Waals surface area contributed by atoms with Crippen molar-refractivity contribution >= 4 is 29.0 Å². The Morgan fingerprint density at radius 2 is 1.73 bits per heavy atom. The number of rotatable bonds is 6. The van der Waals surface area contributed by atoms with Gasteiger partial charge in [0.25, 0.3) is 0 Å². The maximum absolute atomic E-state index is 15.1. The van der Waals surface area contributed by atoms with Gasteiger partial charge in [-0.15, -0.1) is 0 Å². The highest BCUT2D eigenvalue weighted by molar-refractivity contribution is 6.03. The first-order valence-electron chi connectivity index (χ1n) is 12.6. The molecule has 0 amide bonds. The SMILES string of the molecule is COc1cccc(N2C=CN(C3=Nc4c(F)cccc4[C@H](CC(=O)O)N3c3cc(C(F)(F)F)ccc3OC)CC2)c1. The van der Waals surface area contributed by atoms with Gasteiger partial charge in [-0.2, -0.15) is 13.2 Å². The van der Waals surface area contributed by atoms with Gasteiger partial charge in [0.2, 0.25) is 5.96 Å². The van der Waals surface area contributed by atoms with Gasteiger partial charge in [-0.1, -0.05) is 18.2 Å². The average molecular weight is 571 g/mol. The predicted molar refractivity (Wildman–Crippen MR) is 145 cm³/mol. The molecular formula is C29H26F4N4O4. The molecule has 12 heteroatoms. The van der Waals surface area contributed by atoms with Gasteiger partial charge in [0.1, 0.15) is 23.0 Å². The number of hydrogen-bond acceptors (Lipinski definition) is 7. The number of nitrogens with zero attached hydrogens (tertiary/aromatic N) is 4. The number of alkyl halides is 3. The number of methoxy groups -OCH3 is 2. The van der Waals surface area contributed by atoms with Crippen LogP contribution in [0.3, 0.4) is 0 Å². The fourth-order valence-electron chi connectivity index (χ4n) is 4.95. The molecule has 0 bridgehead atoms. The van der Waals surface area contributed by atoms with E-state index in [1.807, 2.05) is 29.2 Å². The number of fused-ring (bicyclic) bond motifs is 1. The molecule has 8 nitrogen and oxygen atoms in total. The van der Waals surface area contributed by atoms with Crippen LogP contribution in [-0.4, -0.2) is 49.2 Å². The zero-order valence-corrected chi connectivity index (χ0v) is 22.1. The van der Waals surface area contributed by atoms with Crippen LogP contribution in [0.4, 0.5) is 34.6 Å². The van der Waals surface area contributed by atoms with Crippen LogP contribution in [-0.2, 0) is 11.0 Å². The molecule has 1 atom stereocenters. The predicted octanol–water partition coefficient (Wildman–Crippen LogP) is 6.18. The molecule has 0 radical (unpaired) electrons. The van der Waals surface area contributed by atoms with E-state index in [1.165, 1.54) is 36.3 Å². The van der Waals surface area contributed by atoms with Crippen molar-refractivity contribution in [2.45, 2.75) is 18.6 Å². The van der Waals surface area contributed by atoms with E-state index in [-0.39, 0.29) is 28.6 Å². The average Bonchev–Trinajstić information content (AvgIpc) is 2.96. The van der Waals surface area contributed by atoms with Crippen LogP contribution in [0.2, 0.25) is 0 Å². The largest absolute Gasteiger partial charge is 0.497 e. The van der Waals surface area contributed by atoms with Gasteiger partial charge >= 0.3 is 12.1 Å². The molecule has 0 unspecified atom stereocenters. The second-order valence-electron chi connectivity index (χ2n) is 9.34. The normalized spacial score (nSPS) is 16.8. The summed E-state index contributed by atoms with van der Waals surface area (Å²) in [6, 6.07) is 13.4. The summed E-state index contributed by atoms with van der Waals surface area (Å²) in [5, 5.41) is 9.82. The maximum atomic E-state index is 15.1. The quantitative estimate of drug-likeness (QED) is 0.355. The second-order valence-corrected chi connectivity index (χ2v) is 9.34. The Labute approximate surface area is 233 Å². The molecule has 2 aliphatic rings. The lowest BCUT2D eigenvalue weighted by Gasteiger charge is -2.43. The smallest absolute Gasteiger partial charge is 0.416 e. The fraction of sp³-hybridized carbons (Fsp3) is 0.241. The Morgan fingerprint density at radius 3 is 2.39 bits per heavy atom. The van der Waals surface area contributed by atoms with Crippen LogP contribution in [0.25, 0.3) is 0 Å². The van der Waals surface area contributed by atoms with Crippen molar-refractivity contribution in [3.8, 4) is 11.5 Å². The molecule has 0 saturated carbocycles. The van der Waals surface area contributed by atoms with Crippen LogP contribution < -0.4 is 19.3 Å². The van der Waals surface area contributed by atoms with Crippen LogP contribution in [0.15, 0.2) is 78.1 Å². The van der Waals surface area contributed by atoms with E-state index >= 15 is 4.39 Å². The number of aliphatic imine (C=N–C) groups is 1. The highest BCUT2D eigenvalue weighted by Crippen LogP contribution is 2.46. The minimum Gasteiger partial charge on any atom is -0.497 e. The third kappa shape index (κ3) is 5.49. The van der Waals surface area contributed by atoms with Crippen LogP contribution in [0.1, 0.15) is 23.6 Å². The summed E-state index contributed by atoms with van der Waals surface area (Å²) in [6.07, 6.45) is -1.80. The maximum Gasteiger partial charge on any atom is 0.416 e. The van der Waals surface area contributed by atoms with Gasteiger partial charge in [-0.3, -0.25) is 4.79 Å². The zero-order valence-electron chi connectivity index (χ0n) is 22.1. The monoisotopic (exact) mass is 570 g/mol. The number of ether oxygens (including phenoxy) is 2. The van der Waals surface area contributed by atoms with E-state index < -0.39 is 36.0 Å². The summed E-state index contributed by atoms with van der Waals surface area (Å²) in [6.45, 7) is 0.734. The van der Waals surface area contributed by atoms with Gasteiger partial charge in [0, 0.05) is 42.8 Å². The lowest BCUT2D eigenvalue weighted by atomic mass is 9.96. The molecule has 41 heavy (non-hydrogen) atoms. The number of guanidine groups is 1. The molecule has 214 valence electrons. The van der Waals surface area contributed by atoms with E-state index in [9.17, 15) is 23.1 Å². The first kappa shape index (κ1) is 27.8. The van der Waals surface area contributed by atoms with E-state index in [0.29, 0.717) is 18.8 Å². The van der Waals surface area contributed by atoms with Crippen LogP contribution in [0.5, 0.6) is 11.5 Å². The summed E-state index contributed by atoms with van der Waals surface area (Å²) < 4.78 is 67.2. The number of carboxylic acids is 1. The number of anilines is 2. The molecule has 2 heterocycles. The molecule has 0 saturated heterocycles. The van der Waals surface area contributed by atoms with Crippen molar-refractivity contribution < 1.29 is 36.9 Å². The van der Waals surface area contributed by atoms with Gasteiger partial charge in [0.15, 0.2) is 0 Å². The van der Waals surface area contributed by atoms with Crippen molar-refractivity contribution in [2.75, 3.05) is 37.1 Å². The first-order chi connectivity index (χ1) is 19.6. The third-order valence-corrected chi connectivity index (χ3v) is 6.90. The molecule has 3 aromatic carbocycles. The lowest BCUT2D eigenvalue weighted by molar-refractivity contribution is -0.138. The number of para-hydroxylation sites is 1. The summed E-state index contributed by atoms with van der Waals surface area (Å²) >= 11 is 0. The highest BCUT2D eigenvalue weighted by atomic mass is 19.4. The van der Waals surface area contributed by atoms with Crippen LogP contribution >= 0.6 is 0 Å². The van der Waals surface area contributed by atoms with E-state index in [4.69, 9.17) is 9.47 Å². The molecule has 0 spiro atoms. The minimum atomic E-state index is -4.68. The molecule has 5 rings (SSSR count).